The molecule has 0 saturated heterocycles. The van der Waals surface area contributed by atoms with Crippen molar-refractivity contribution in [2.75, 3.05) is 7.11 Å². The van der Waals surface area contributed by atoms with E-state index in [0.717, 1.165) is 0 Å². The highest BCUT2D eigenvalue weighted by Crippen LogP contribution is 2.32. The largest absolute Gasteiger partial charge is 0.493 e. The monoisotopic (exact) mass is 369 g/mol. The van der Waals surface area contributed by atoms with Crippen molar-refractivity contribution >= 4 is 17.3 Å². The number of carbonyl (C=O) groups excluding carboxylic acids is 1. The SMILES string of the molecule is COC(=O)CC(c1cccc([N+](=O)[O-])c1)c1c(O)nc2ccccn2c1=O. The van der Waals surface area contributed by atoms with Crippen molar-refractivity contribution in [2.24, 2.45) is 0 Å². The van der Waals surface area contributed by atoms with Gasteiger partial charge >= 0.3 is 5.97 Å². The molecular formula is C18H15N3O6. The first-order chi connectivity index (χ1) is 12.9. The van der Waals surface area contributed by atoms with Crippen molar-refractivity contribution in [3.63, 3.8) is 0 Å². The van der Waals surface area contributed by atoms with E-state index in [0.29, 0.717) is 5.56 Å². The average Bonchev–Trinajstić information content (AvgIpc) is 2.67. The summed E-state index contributed by atoms with van der Waals surface area (Å²) in [5, 5.41) is 21.5. The first-order valence-corrected chi connectivity index (χ1v) is 7.93. The number of hydrogen-bond acceptors (Lipinski definition) is 7. The molecule has 0 amide bonds. The Bertz CT molecular complexity index is 1090. The molecule has 0 radical (unpaired) electrons. The quantitative estimate of drug-likeness (QED) is 0.414. The zero-order valence-corrected chi connectivity index (χ0v) is 14.2. The number of non-ortho nitro benzene ring substituents is 1. The van der Waals surface area contributed by atoms with E-state index in [4.69, 9.17) is 0 Å². The van der Waals surface area contributed by atoms with Crippen LogP contribution in [0.5, 0.6) is 5.88 Å². The van der Waals surface area contributed by atoms with Gasteiger partial charge in [0.1, 0.15) is 5.65 Å². The van der Waals surface area contributed by atoms with E-state index in [1.54, 1.807) is 24.3 Å². The van der Waals surface area contributed by atoms with Crippen LogP contribution in [-0.4, -0.2) is 32.5 Å². The molecular weight excluding hydrogens is 354 g/mol. The van der Waals surface area contributed by atoms with Crippen LogP contribution in [0.1, 0.15) is 23.5 Å². The zero-order valence-electron chi connectivity index (χ0n) is 14.2. The van der Waals surface area contributed by atoms with E-state index >= 15 is 0 Å². The lowest BCUT2D eigenvalue weighted by Gasteiger charge is -2.17. The Morgan fingerprint density at radius 2 is 2.11 bits per heavy atom. The number of esters is 1. The Morgan fingerprint density at radius 3 is 2.81 bits per heavy atom. The van der Waals surface area contributed by atoms with Gasteiger partial charge in [0.15, 0.2) is 0 Å². The minimum Gasteiger partial charge on any atom is -0.493 e. The van der Waals surface area contributed by atoms with E-state index < -0.39 is 28.2 Å². The molecule has 2 heterocycles. The molecule has 2 aromatic heterocycles. The number of ether oxygens (including phenoxy) is 1. The van der Waals surface area contributed by atoms with E-state index in [-0.39, 0.29) is 23.3 Å². The smallest absolute Gasteiger partial charge is 0.306 e. The molecule has 9 nitrogen and oxygen atoms in total. The van der Waals surface area contributed by atoms with Gasteiger partial charge < -0.3 is 9.84 Å². The maximum Gasteiger partial charge on any atom is 0.306 e. The number of nitro benzene ring substituents is 1. The summed E-state index contributed by atoms with van der Waals surface area (Å²) in [4.78, 5) is 39.3. The van der Waals surface area contributed by atoms with Crippen LogP contribution < -0.4 is 5.56 Å². The number of aromatic nitrogens is 2. The molecule has 9 heteroatoms. The Balaban J connectivity index is 2.24. The van der Waals surface area contributed by atoms with Crippen LogP contribution in [0, 0.1) is 10.1 Å². The summed E-state index contributed by atoms with van der Waals surface area (Å²) in [7, 11) is 1.19. The molecule has 1 N–H and O–H groups in total. The van der Waals surface area contributed by atoms with Crippen LogP contribution in [0.2, 0.25) is 0 Å². The van der Waals surface area contributed by atoms with Crippen molar-refractivity contribution in [3.05, 3.63) is 80.3 Å². The molecule has 3 aromatic rings. The highest BCUT2D eigenvalue weighted by molar-refractivity contribution is 5.71. The standard InChI is InChI=1S/C18H15N3O6/c1-27-15(22)10-13(11-5-4-6-12(9-11)21(25)26)16-17(23)19-14-7-2-3-8-20(14)18(16)24/h2-9,13,23H,10H2,1H3. The maximum absolute atomic E-state index is 12.9. The summed E-state index contributed by atoms with van der Waals surface area (Å²) in [5.41, 5.74) is -0.349. The predicted molar refractivity (Wildman–Crippen MR) is 94.7 cm³/mol. The number of methoxy groups -OCH3 is 1. The second kappa shape index (κ2) is 7.24. The third-order valence-electron chi connectivity index (χ3n) is 4.18. The van der Waals surface area contributed by atoms with Gasteiger partial charge in [0.05, 0.1) is 24.0 Å². The highest BCUT2D eigenvalue weighted by Gasteiger charge is 2.27. The zero-order chi connectivity index (χ0) is 19.6. The third-order valence-corrected chi connectivity index (χ3v) is 4.18. The molecule has 0 aliphatic heterocycles. The molecule has 1 atom stereocenters. The van der Waals surface area contributed by atoms with Gasteiger partial charge in [0.2, 0.25) is 5.88 Å². The van der Waals surface area contributed by atoms with Gasteiger partial charge in [-0.3, -0.25) is 24.1 Å². The third kappa shape index (κ3) is 3.47. The molecule has 3 rings (SSSR count). The van der Waals surface area contributed by atoms with Gasteiger partial charge in [-0.1, -0.05) is 18.2 Å². The Morgan fingerprint density at radius 1 is 1.33 bits per heavy atom. The van der Waals surface area contributed by atoms with Crippen molar-refractivity contribution in [2.45, 2.75) is 12.3 Å². The summed E-state index contributed by atoms with van der Waals surface area (Å²) in [6, 6.07) is 10.4. The summed E-state index contributed by atoms with van der Waals surface area (Å²) >= 11 is 0. The van der Waals surface area contributed by atoms with Gasteiger partial charge in [-0.2, -0.15) is 4.98 Å². The fraction of sp³-hybridized carbons (Fsp3) is 0.167. The van der Waals surface area contributed by atoms with Gasteiger partial charge in [-0.25, -0.2) is 0 Å². The average molecular weight is 369 g/mol. The summed E-state index contributed by atoms with van der Waals surface area (Å²) in [6.45, 7) is 0. The number of nitrogens with zero attached hydrogens (tertiary/aromatic N) is 3. The van der Waals surface area contributed by atoms with Crippen LogP contribution in [0.3, 0.4) is 0 Å². The second-order valence-corrected chi connectivity index (χ2v) is 5.77. The minimum atomic E-state index is -0.963. The van der Waals surface area contributed by atoms with Crippen molar-refractivity contribution in [1.29, 1.82) is 0 Å². The van der Waals surface area contributed by atoms with Gasteiger partial charge in [0.25, 0.3) is 11.2 Å². The topological polar surface area (TPSA) is 124 Å². The van der Waals surface area contributed by atoms with Gasteiger partial charge in [0, 0.05) is 24.2 Å². The van der Waals surface area contributed by atoms with E-state index in [2.05, 4.69) is 9.72 Å². The molecule has 0 aliphatic carbocycles. The molecule has 0 fully saturated rings. The lowest BCUT2D eigenvalue weighted by Crippen LogP contribution is -2.24. The van der Waals surface area contributed by atoms with Gasteiger partial charge in [-0.15, -0.1) is 0 Å². The van der Waals surface area contributed by atoms with Crippen LogP contribution in [0.4, 0.5) is 5.69 Å². The number of fused-ring (bicyclic) bond motifs is 1. The molecule has 1 unspecified atom stereocenters. The number of hydrogen-bond donors (Lipinski definition) is 1. The number of pyridine rings is 1. The fourth-order valence-electron chi connectivity index (χ4n) is 2.89. The molecule has 138 valence electrons. The maximum atomic E-state index is 12.9. The molecule has 1 aromatic carbocycles. The van der Waals surface area contributed by atoms with Crippen molar-refractivity contribution < 1.29 is 19.6 Å². The highest BCUT2D eigenvalue weighted by atomic mass is 16.6. The Kier molecular flexibility index (Phi) is 4.84. The van der Waals surface area contributed by atoms with Crippen LogP contribution >= 0.6 is 0 Å². The fourth-order valence-corrected chi connectivity index (χ4v) is 2.89. The molecule has 0 aliphatic rings. The molecule has 0 spiro atoms. The first-order valence-electron chi connectivity index (χ1n) is 7.93. The lowest BCUT2D eigenvalue weighted by atomic mass is 9.89. The van der Waals surface area contributed by atoms with Gasteiger partial charge in [-0.05, 0) is 17.7 Å². The number of aromatic hydroxyl groups is 1. The predicted octanol–water partition coefficient (Wildman–Crippen LogP) is 2.00. The van der Waals surface area contributed by atoms with Crippen molar-refractivity contribution in [1.82, 2.24) is 9.38 Å². The Labute approximate surface area is 152 Å². The van der Waals surface area contributed by atoms with E-state index in [1.165, 1.54) is 35.9 Å². The van der Waals surface area contributed by atoms with Crippen molar-refractivity contribution in [3.8, 4) is 5.88 Å². The van der Waals surface area contributed by atoms with E-state index in [9.17, 15) is 24.8 Å². The number of benzene rings is 1. The molecule has 0 saturated carbocycles. The van der Waals surface area contributed by atoms with Crippen LogP contribution in [0.15, 0.2) is 53.5 Å². The first kappa shape index (κ1) is 18.1. The van der Waals surface area contributed by atoms with Crippen LogP contribution in [-0.2, 0) is 9.53 Å². The number of nitro groups is 1. The second-order valence-electron chi connectivity index (χ2n) is 5.77. The normalized spacial score (nSPS) is 11.9. The summed E-state index contributed by atoms with van der Waals surface area (Å²) in [5.74, 6) is -2.13. The summed E-state index contributed by atoms with van der Waals surface area (Å²) < 4.78 is 5.92. The number of rotatable bonds is 5. The molecule has 0 bridgehead atoms. The molecule has 27 heavy (non-hydrogen) atoms. The number of carbonyl (C=O) groups is 1. The minimum absolute atomic E-state index is 0.135. The lowest BCUT2D eigenvalue weighted by molar-refractivity contribution is -0.384. The van der Waals surface area contributed by atoms with E-state index in [1.807, 2.05) is 0 Å². The summed E-state index contributed by atoms with van der Waals surface area (Å²) in [6.07, 6.45) is 1.19. The van der Waals surface area contributed by atoms with Crippen LogP contribution in [0.25, 0.3) is 5.65 Å². The Hall–Kier alpha value is -3.75.